The lowest BCUT2D eigenvalue weighted by Gasteiger charge is -2.10. The second kappa shape index (κ2) is 4.63. The van der Waals surface area contributed by atoms with E-state index in [2.05, 4.69) is 24.3 Å². The molecule has 1 atom stereocenters. The molecule has 74 valence electrons. The fraction of sp³-hybridized carbons (Fsp3) is 0.667. The van der Waals surface area contributed by atoms with Crippen molar-refractivity contribution in [2.24, 2.45) is 0 Å². The van der Waals surface area contributed by atoms with Gasteiger partial charge in [0.1, 0.15) is 5.15 Å². The first-order valence-electron chi connectivity index (χ1n) is 4.56. The summed E-state index contributed by atoms with van der Waals surface area (Å²) in [6.07, 6.45) is 2.78. The summed E-state index contributed by atoms with van der Waals surface area (Å²) in [4.78, 5) is 0. The Labute approximate surface area is 84.1 Å². The van der Waals surface area contributed by atoms with E-state index in [4.69, 9.17) is 11.6 Å². The van der Waals surface area contributed by atoms with Crippen LogP contribution in [0.1, 0.15) is 19.4 Å². The first-order valence-corrected chi connectivity index (χ1v) is 4.94. The van der Waals surface area contributed by atoms with Crippen LogP contribution in [-0.2, 0) is 13.0 Å². The van der Waals surface area contributed by atoms with Crippen molar-refractivity contribution in [3.63, 3.8) is 0 Å². The number of nitrogens with one attached hydrogen (secondary N) is 1. The van der Waals surface area contributed by atoms with Gasteiger partial charge in [-0.1, -0.05) is 18.5 Å². The van der Waals surface area contributed by atoms with Crippen LogP contribution in [0.3, 0.4) is 0 Å². The van der Waals surface area contributed by atoms with Gasteiger partial charge in [-0.3, -0.25) is 4.68 Å². The summed E-state index contributed by atoms with van der Waals surface area (Å²) < 4.78 is 1.83. The Morgan fingerprint density at radius 1 is 1.69 bits per heavy atom. The van der Waals surface area contributed by atoms with E-state index >= 15 is 0 Å². The zero-order valence-electron chi connectivity index (χ0n) is 8.34. The Hall–Kier alpha value is -0.540. The van der Waals surface area contributed by atoms with Crippen LogP contribution in [0.25, 0.3) is 0 Å². The molecule has 0 spiro atoms. The van der Waals surface area contributed by atoms with Crippen molar-refractivity contribution in [2.45, 2.75) is 32.9 Å². The molecule has 0 saturated heterocycles. The van der Waals surface area contributed by atoms with E-state index < -0.39 is 0 Å². The molecule has 4 heteroatoms. The van der Waals surface area contributed by atoms with Crippen molar-refractivity contribution in [2.75, 3.05) is 7.05 Å². The Kier molecular flexibility index (Phi) is 3.75. The molecule has 0 radical (unpaired) electrons. The molecule has 1 aromatic heterocycles. The fourth-order valence-corrected chi connectivity index (χ4v) is 1.42. The monoisotopic (exact) mass is 201 g/mol. The standard InChI is InChI=1S/C9H16ClN3/c1-4-8-5-12-13(9(8)10)6-7(2)11-3/h5,7,11H,4,6H2,1-3H3. The molecule has 0 amide bonds. The van der Waals surface area contributed by atoms with Gasteiger partial charge in [0.25, 0.3) is 0 Å². The molecule has 1 N–H and O–H groups in total. The molecule has 1 unspecified atom stereocenters. The maximum absolute atomic E-state index is 6.10. The third kappa shape index (κ3) is 2.45. The summed E-state index contributed by atoms with van der Waals surface area (Å²) in [6, 6.07) is 0.391. The molecule has 1 aromatic rings. The van der Waals surface area contributed by atoms with Gasteiger partial charge < -0.3 is 5.32 Å². The van der Waals surface area contributed by atoms with Crippen LogP contribution in [0.5, 0.6) is 0 Å². The summed E-state index contributed by atoms with van der Waals surface area (Å²) in [6.45, 7) is 4.99. The highest BCUT2D eigenvalue weighted by atomic mass is 35.5. The van der Waals surface area contributed by atoms with Crippen molar-refractivity contribution in [1.29, 1.82) is 0 Å². The Bertz CT molecular complexity index is 270. The van der Waals surface area contributed by atoms with Crippen LogP contribution >= 0.6 is 11.6 Å². The number of nitrogens with zero attached hydrogens (tertiary/aromatic N) is 2. The summed E-state index contributed by atoms with van der Waals surface area (Å²) in [5, 5.41) is 8.14. The van der Waals surface area contributed by atoms with Gasteiger partial charge in [0.15, 0.2) is 0 Å². The summed E-state index contributed by atoms with van der Waals surface area (Å²) in [7, 11) is 1.93. The molecule has 3 nitrogen and oxygen atoms in total. The third-order valence-electron chi connectivity index (χ3n) is 2.17. The number of aromatic nitrogens is 2. The molecule has 0 aliphatic carbocycles. The summed E-state index contributed by atoms with van der Waals surface area (Å²) in [5.74, 6) is 0. The number of aryl methyl sites for hydroxylation is 1. The maximum Gasteiger partial charge on any atom is 0.130 e. The van der Waals surface area contributed by atoms with Crippen LogP contribution < -0.4 is 5.32 Å². The van der Waals surface area contributed by atoms with Crippen molar-refractivity contribution in [3.05, 3.63) is 16.9 Å². The van der Waals surface area contributed by atoms with Gasteiger partial charge in [0, 0.05) is 11.6 Å². The lowest BCUT2D eigenvalue weighted by molar-refractivity contribution is 0.482. The second-order valence-corrected chi connectivity index (χ2v) is 3.54. The van der Waals surface area contributed by atoms with Crippen LogP contribution in [0.15, 0.2) is 6.20 Å². The van der Waals surface area contributed by atoms with Gasteiger partial charge in [-0.05, 0) is 20.4 Å². The first-order chi connectivity index (χ1) is 6.19. The first kappa shape index (κ1) is 10.5. The van der Waals surface area contributed by atoms with Crippen molar-refractivity contribution >= 4 is 11.6 Å². The van der Waals surface area contributed by atoms with E-state index in [0.717, 1.165) is 23.7 Å². The van der Waals surface area contributed by atoms with Crippen LogP contribution in [-0.4, -0.2) is 22.9 Å². The Balaban J connectivity index is 2.72. The quantitative estimate of drug-likeness (QED) is 0.804. The molecule has 13 heavy (non-hydrogen) atoms. The van der Waals surface area contributed by atoms with E-state index in [-0.39, 0.29) is 0 Å². The van der Waals surface area contributed by atoms with Gasteiger partial charge in [0.05, 0.1) is 12.7 Å². The third-order valence-corrected chi connectivity index (χ3v) is 2.60. The lowest BCUT2D eigenvalue weighted by atomic mass is 10.3. The van der Waals surface area contributed by atoms with E-state index in [1.54, 1.807) is 0 Å². The van der Waals surface area contributed by atoms with Gasteiger partial charge in [-0.2, -0.15) is 5.10 Å². The van der Waals surface area contributed by atoms with E-state index in [1.165, 1.54) is 0 Å². The van der Waals surface area contributed by atoms with Gasteiger partial charge in [-0.15, -0.1) is 0 Å². The zero-order chi connectivity index (χ0) is 9.84. The molecule has 1 rings (SSSR count). The average molecular weight is 202 g/mol. The largest absolute Gasteiger partial charge is 0.315 e. The predicted molar refractivity (Wildman–Crippen MR) is 55.1 cm³/mol. The highest BCUT2D eigenvalue weighted by Gasteiger charge is 2.08. The summed E-state index contributed by atoms with van der Waals surface area (Å²) in [5.41, 5.74) is 1.12. The van der Waals surface area contributed by atoms with Gasteiger partial charge in [0.2, 0.25) is 0 Å². The van der Waals surface area contributed by atoms with Gasteiger partial charge in [-0.25, -0.2) is 0 Å². The zero-order valence-corrected chi connectivity index (χ0v) is 9.10. The molecular weight excluding hydrogens is 186 g/mol. The number of rotatable bonds is 4. The molecule has 0 aliphatic rings. The molecular formula is C9H16ClN3. The molecule has 0 aromatic carbocycles. The van der Waals surface area contributed by atoms with Crippen LogP contribution in [0.2, 0.25) is 5.15 Å². The molecule has 1 heterocycles. The molecule has 0 bridgehead atoms. The maximum atomic E-state index is 6.10. The molecule has 0 fully saturated rings. The highest BCUT2D eigenvalue weighted by molar-refractivity contribution is 6.30. The predicted octanol–water partition coefficient (Wildman–Crippen LogP) is 1.71. The number of hydrogen-bond acceptors (Lipinski definition) is 2. The second-order valence-electron chi connectivity index (χ2n) is 3.19. The van der Waals surface area contributed by atoms with E-state index in [9.17, 15) is 0 Å². The molecule has 0 saturated carbocycles. The van der Waals surface area contributed by atoms with E-state index in [1.807, 2.05) is 17.9 Å². The number of hydrogen-bond donors (Lipinski definition) is 1. The van der Waals surface area contributed by atoms with Crippen molar-refractivity contribution < 1.29 is 0 Å². The van der Waals surface area contributed by atoms with Crippen molar-refractivity contribution in [1.82, 2.24) is 15.1 Å². The van der Waals surface area contributed by atoms with Gasteiger partial charge >= 0.3 is 0 Å². The number of likely N-dealkylation sites (N-methyl/N-ethyl adjacent to an activating group) is 1. The Morgan fingerprint density at radius 2 is 2.38 bits per heavy atom. The Morgan fingerprint density at radius 3 is 2.85 bits per heavy atom. The minimum atomic E-state index is 0.391. The fourth-order valence-electron chi connectivity index (χ4n) is 1.12. The van der Waals surface area contributed by atoms with E-state index in [0.29, 0.717) is 6.04 Å². The highest BCUT2D eigenvalue weighted by Crippen LogP contribution is 2.15. The average Bonchev–Trinajstić information content (AvgIpc) is 2.48. The summed E-state index contributed by atoms with van der Waals surface area (Å²) >= 11 is 6.10. The van der Waals surface area contributed by atoms with Crippen LogP contribution in [0, 0.1) is 0 Å². The lowest BCUT2D eigenvalue weighted by Crippen LogP contribution is -2.27. The van der Waals surface area contributed by atoms with Crippen LogP contribution in [0.4, 0.5) is 0 Å². The number of halogens is 1. The minimum absolute atomic E-state index is 0.391. The smallest absolute Gasteiger partial charge is 0.130 e. The van der Waals surface area contributed by atoms with Crippen molar-refractivity contribution in [3.8, 4) is 0 Å². The molecule has 0 aliphatic heterocycles. The SMILES string of the molecule is CCc1cnn(CC(C)NC)c1Cl. The minimum Gasteiger partial charge on any atom is -0.315 e. The normalized spacial score (nSPS) is 13.2. The topological polar surface area (TPSA) is 29.9 Å².